The van der Waals surface area contributed by atoms with E-state index in [2.05, 4.69) is 0 Å². The zero-order valence-corrected chi connectivity index (χ0v) is 12.3. The first-order valence-corrected chi connectivity index (χ1v) is 6.67. The fraction of sp³-hybridized carbons (Fsp3) is 0.467. The number of phenolic OH excluding ortho intramolecular Hbond substituents is 1. The second-order valence-corrected chi connectivity index (χ2v) is 4.33. The number of Topliss-reactive ketones (excluding diaryl/α,β-unsaturated/α-hetero) is 1. The molecular formula is C15H20O6. The molecule has 0 aromatic heterocycles. The van der Waals surface area contributed by atoms with Gasteiger partial charge in [0.1, 0.15) is 6.61 Å². The average molecular weight is 296 g/mol. The number of aromatic hydroxyl groups is 1. The molecule has 1 N–H and O–H groups in total. The van der Waals surface area contributed by atoms with Crippen molar-refractivity contribution in [1.29, 1.82) is 0 Å². The van der Waals surface area contributed by atoms with Gasteiger partial charge in [-0.15, -0.1) is 0 Å². The molecule has 0 fully saturated rings. The van der Waals surface area contributed by atoms with Crippen molar-refractivity contribution >= 4 is 11.8 Å². The van der Waals surface area contributed by atoms with Gasteiger partial charge in [-0.2, -0.15) is 0 Å². The Morgan fingerprint density at radius 1 is 1.29 bits per heavy atom. The predicted octanol–water partition coefficient (Wildman–Crippen LogP) is 1.48. The largest absolute Gasteiger partial charge is 0.504 e. The summed E-state index contributed by atoms with van der Waals surface area (Å²) in [5.74, 6) is -0.109. The molecule has 6 nitrogen and oxygen atoms in total. The number of ether oxygens (including phenoxy) is 3. The van der Waals surface area contributed by atoms with Gasteiger partial charge in [0.15, 0.2) is 17.3 Å². The standard InChI is InChI=1S/C15H20O6/c1-3-21-15(18)6-7-20-10-12(16)8-11-4-5-13(17)14(9-11)19-2/h4-5,9,17H,3,6-8,10H2,1-2H3. The van der Waals surface area contributed by atoms with E-state index in [4.69, 9.17) is 14.2 Å². The number of benzene rings is 1. The Balaban J connectivity index is 2.32. The Labute approximate surface area is 123 Å². The third-order valence-corrected chi connectivity index (χ3v) is 2.66. The number of carbonyl (C=O) groups excluding carboxylic acids is 2. The molecule has 0 saturated carbocycles. The van der Waals surface area contributed by atoms with Gasteiger partial charge in [-0.05, 0) is 24.6 Å². The number of phenols is 1. The van der Waals surface area contributed by atoms with Crippen LogP contribution in [0.1, 0.15) is 18.9 Å². The van der Waals surface area contributed by atoms with Crippen molar-refractivity contribution in [2.45, 2.75) is 19.8 Å². The molecular weight excluding hydrogens is 276 g/mol. The van der Waals surface area contributed by atoms with Gasteiger partial charge in [-0.3, -0.25) is 9.59 Å². The number of methoxy groups -OCH3 is 1. The van der Waals surface area contributed by atoms with Gasteiger partial charge in [0.2, 0.25) is 0 Å². The summed E-state index contributed by atoms with van der Waals surface area (Å²) in [4.78, 5) is 22.8. The van der Waals surface area contributed by atoms with Crippen molar-refractivity contribution in [3.05, 3.63) is 23.8 Å². The van der Waals surface area contributed by atoms with Crippen LogP contribution in [0.25, 0.3) is 0 Å². The van der Waals surface area contributed by atoms with Crippen LogP contribution in [0, 0.1) is 0 Å². The number of ketones is 1. The predicted molar refractivity (Wildman–Crippen MR) is 75.4 cm³/mol. The van der Waals surface area contributed by atoms with E-state index < -0.39 is 0 Å². The lowest BCUT2D eigenvalue weighted by atomic mass is 10.1. The highest BCUT2D eigenvalue weighted by Gasteiger charge is 2.08. The van der Waals surface area contributed by atoms with E-state index in [-0.39, 0.29) is 43.6 Å². The minimum atomic E-state index is -0.340. The molecule has 6 heteroatoms. The molecule has 21 heavy (non-hydrogen) atoms. The molecule has 0 unspecified atom stereocenters. The molecule has 0 amide bonds. The Bertz CT molecular complexity index is 483. The molecule has 0 aliphatic rings. The molecule has 116 valence electrons. The van der Waals surface area contributed by atoms with E-state index in [0.29, 0.717) is 12.4 Å². The van der Waals surface area contributed by atoms with Crippen LogP contribution >= 0.6 is 0 Å². The molecule has 0 saturated heterocycles. The number of esters is 1. The summed E-state index contributed by atoms with van der Waals surface area (Å²) in [7, 11) is 1.44. The van der Waals surface area contributed by atoms with Crippen molar-refractivity contribution in [3.63, 3.8) is 0 Å². The van der Waals surface area contributed by atoms with Crippen LogP contribution in [-0.4, -0.2) is 43.8 Å². The van der Waals surface area contributed by atoms with E-state index in [9.17, 15) is 14.7 Å². The number of hydrogen-bond acceptors (Lipinski definition) is 6. The van der Waals surface area contributed by atoms with E-state index in [1.54, 1.807) is 19.1 Å². The number of carbonyl (C=O) groups is 2. The summed E-state index contributed by atoms with van der Waals surface area (Å²) in [6, 6.07) is 4.73. The van der Waals surface area contributed by atoms with Crippen molar-refractivity contribution in [1.82, 2.24) is 0 Å². The zero-order chi connectivity index (χ0) is 15.7. The SMILES string of the molecule is CCOC(=O)CCOCC(=O)Cc1ccc(O)c(OC)c1. The maximum atomic E-state index is 11.7. The Morgan fingerprint density at radius 2 is 2.05 bits per heavy atom. The Kier molecular flexibility index (Phi) is 7.25. The molecule has 0 bridgehead atoms. The molecule has 0 aliphatic carbocycles. The smallest absolute Gasteiger partial charge is 0.308 e. The number of hydrogen-bond donors (Lipinski definition) is 1. The average Bonchev–Trinajstić information content (AvgIpc) is 2.46. The van der Waals surface area contributed by atoms with Gasteiger partial charge in [0, 0.05) is 6.42 Å². The molecule has 1 aromatic rings. The first-order valence-electron chi connectivity index (χ1n) is 6.67. The summed E-state index contributed by atoms with van der Waals surface area (Å²) in [6.07, 6.45) is 0.310. The van der Waals surface area contributed by atoms with Crippen molar-refractivity contribution in [2.75, 3.05) is 26.9 Å². The second kappa shape index (κ2) is 8.97. The summed E-state index contributed by atoms with van der Waals surface area (Å²) in [5.41, 5.74) is 0.726. The summed E-state index contributed by atoms with van der Waals surface area (Å²) in [5, 5.41) is 9.46. The molecule has 0 spiro atoms. The third kappa shape index (κ3) is 6.27. The van der Waals surface area contributed by atoms with Crippen molar-refractivity contribution in [2.24, 2.45) is 0 Å². The highest BCUT2D eigenvalue weighted by molar-refractivity contribution is 5.82. The highest BCUT2D eigenvalue weighted by Crippen LogP contribution is 2.26. The fourth-order valence-corrected chi connectivity index (χ4v) is 1.69. The molecule has 0 atom stereocenters. The summed E-state index contributed by atoms with van der Waals surface area (Å²) < 4.78 is 14.8. The lowest BCUT2D eigenvalue weighted by Gasteiger charge is -2.07. The molecule has 1 aromatic carbocycles. The molecule has 0 aliphatic heterocycles. The first-order chi connectivity index (χ1) is 10.1. The van der Waals surface area contributed by atoms with Gasteiger partial charge in [-0.25, -0.2) is 0 Å². The van der Waals surface area contributed by atoms with Crippen LogP contribution in [0.3, 0.4) is 0 Å². The van der Waals surface area contributed by atoms with Crippen LogP contribution in [-0.2, 0) is 25.5 Å². The van der Waals surface area contributed by atoms with Gasteiger partial charge in [0.25, 0.3) is 0 Å². The maximum absolute atomic E-state index is 11.7. The third-order valence-electron chi connectivity index (χ3n) is 2.66. The quantitative estimate of drug-likeness (QED) is 0.549. The second-order valence-electron chi connectivity index (χ2n) is 4.33. The first kappa shape index (κ1) is 17.0. The van der Waals surface area contributed by atoms with Crippen LogP contribution in [0.2, 0.25) is 0 Å². The molecule has 0 heterocycles. The van der Waals surface area contributed by atoms with Gasteiger partial charge in [-0.1, -0.05) is 6.07 Å². The fourth-order valence-electron chi connectivity index (χ4n) is 1.69. The van der Waals surface area contributed by atoms with E-state index in [1.165, 1.54) is 13.2 Å². The van der Waals surface area contributed by atoms with Crippen LogP contribution in [0.4, 0.5) is 0 Å². The topological polar surface area (TPSA) is 82.1 Å². The monoisotopic (exact) mass is 296 g/mol. The summed E-state index contributed by atoms with van der Waals surface area (Å²) in [6.45, 7) is 2.15. The van der Waals surface area contributed by atoms with E-state index in [0.717, 1.165) is 5.56 Å². The van der Waals surface area contributed by atoms with Crippen LogP contribution < -0.4 is 4.74 Å². The minimum absolute atomic E-state index is 0.0272. The zero-order valence-electron chi connectivity index (χ0n) is 12.3. The van der Waals surface area contributed by atoms with E-state index in [1.807, 2.05) is 0 Å². The van der Waals surface area contributed by atoms with E-state index >= 15 is 0 Å². The molecule has 1 rings (SSSR count). The lowest BCUT2D eigenvalue weighted by Crippen LogP contribution is -2.14. The van der Waals surface area contributed by atoms with Crippen LogP contribution in [0.5, 0.6) is 11.5 Å². The van der Waals surface area contributed by atoms with Gasteiger partial charge < -0.3 is 19.3 Å². The van der Waals surface area contributed by atoms with Crippen LogP contribution in [0.15, 0.2) is 18.2 Å². The number of rotatable bonds is 9. The van der Waals surface area contributed by atoms with Gasteiger partial charge >= 0.3 is 5.97 Å². The van der Waals surface area contributed by atoms with Crippen molar-refractivity contribution < 1.29 is 28.9 Å². The Morgan fingerprint density at radius 3 is 2.71 bits per heavy atom. The maximum Gasteiger partial charge on any atom is 0.308 e. The Hall–Kier alpha value is -2.08. The summed E-state index contributed by atoms with van der Waals surface area (Å²) >= 11 is 0. The van der Waals surface area contributed by atoms with Gasteiger partial charge in [0.05, 0.1) is 26.7 Å². The highest BCUT2D eigenvalue weighted by atomic mass is 16.5. The normalized spacial score (nSPS) is 10.2. The molecule has 0 radical (unpaired) electrons. The minimum Gasteiger partial charge on any atom is -0.504 e. The van der Waals surface area contributed by atoms with Crippen molar-refractivity contribution in [3.8, 4) is 11.5 Å². The lowest BCUT2D eigenvalue weighted by molar-refractivity contribution is -0.144.